The van der Waals surface area contributed by atoms with Gasteiger partial charge in [0.05, 0.1) is 11.5 Å². The number of aliphatic hydroxyl groups is 5. The minimum Gasteiger partial charge on any atom is -0.394 e. The summed E-state index contributed by atoms with van der Waals surface area (Å²) in [5, 5.41) is 49.4. The molecule has 0 spiro atoms. The Kier molecular flexibility index (Phi) is 8.31. The standard InChI is InChI=1S/C15H21N3O10S3/c19-7-10(20)11(21)12(22)13(23)14(31(26,27)28)17-8-1-3-9(4-2-8)30(24,25)18-15-16-5-6-29-15/h1-6,10-14,17,19-23H,7H2,(H,16,18)(H,26,27,28)/t10-,11-,12+,13-,14?/m1/s1. The van der Waals surface area contributed by atoms with Crippen molar-refractivity contribution in [2.75, 3.05) is 16.6 Å². The number of thiazole rings is 1. The molecule has 1 aromatic carbocycles. The maximum Gasteiger partial charge on any atom is 0.288 e. The Morgan fingerprint density at radius 1 is 0.968 bits per heavy atom. The lowest BCUT2D eigenvalue weighted by atomic mass is 10.0. The van der Waals surface area contributed by atoms with Gasteiger partial charge in [0.1, 0.15) is 24.4 Å². The van der Waals surface area contributed by atoms with E-state index in [1.54, 1.807) is 5.38 Å². The first-order valence-corrected chi connectivity index (χ1v) is 12.3. The summed E-state index contributed by atoms with van der Waals surface area (Å²) >= 11 is 1.06. The summed E-state index contributed by atoms with van der Waals surface area (Å²) in [5.74, 6) is 0. The molecule has 5 atom stereocenters. The van der Waals surface area contributed by atoms with E-state index >= 15 is 0 Å². The first-order chi connectivity index (χ1) is 14.4. The lowest BCUT2D eigenvalue weighted by Crippen LogP contribution is -2.54. The van der Waals surface area contributed by atoms with Gasteiger partial charge >= 0.3 is 0 Å². The third-order valence-electron chi connectivity index (χ3n) is 4.04. The molecule has 0 aliphatic rings. The normalized spacial score (nSPS) is 17.4. The Bertz CT molecular complexity index is 1040. The molecular formula is C15H21N3O10S3. The number of aliphatic hydroxyl groups excluding tert-OH is 5. The van der Waals surface area contributed by atoms with Crippen molar-refractivity contribution in [3.05, 3.63) is 35.8 Å². The molecule has 0 aliphatic heterocycles. The predicted molar refractivity (Wildman–Crippen MR) is 109 cm³/mol. The summed E-state index contributed by atoms with van der Waals surface area (Å²) < 4.78 is 59.6. The van der Waals surface area contributed by atoms with E-state index in [9.17, 15) is 41.8 Å². The highest BCUT2D eigenvalue weighted by Gasteiger charge is 2.40. The second-order valence-corrected chi connectivity index (χ2v) is 10.4. The van der Waals surface area contributed by atoms with E-state index in [0.717, 1.165) is 35.6 Å². The molecule has 0 bridgehead atoms. The molecule has 0 amide bonds. The van der Waals surface area contributed by atoms with Crippen LogP contribution in [0.2, 0.25) is 0 Å². The number of nitrogens with zero attached hydrogens (tertiary/aromatic N) is 1. The molecule has 0 fully saturated rings. The zero-order valence-electron chi connectivity index (χ0n) is 15.5. The molecule has 1 heterocycles. The van der Waals surface area contributed by atoms with Gasteiger partial charge < -0.3 is 30.8 Å². The molecule has 174 valence electrons. The number of hydrogen-bond acceptors (Lipinski definition) is 12. The van der Waals surface area contributed by atoms with Gasteiger partial charge in [0.25, 0.3) is 20.1 Å². The second kappa shape index (κ2) is 10.2. The van der Waals surface area contributed by atoms with Crippen molar-refractivity contribution in [2.24, 2.45) is 0 Å². The van der Waals surface area contributed by atoms with Crippen molar-refractivity contribution in [1.29, 1.82) is 0 Å². The van der Waals surface area contributed by atoms with Crippen LogP contribution in [-0.4, -0.2) is 88.3 Å². The first-order valence-electron chi connectivity index (χ1n) is 8.45. The summed E-state index contributed by atoms with van der Waals surface area (Å²) in [6.45, 7) is -0.986. The Morgan fingerprint density at radius 3 is 2.06 bits per heavy atom. The number of sulfonamides is 1. The maximum atomic E-state index is 12.3. The van der Waals surface area contributed by atoms with Crippen LogP contribution < -0.4 is 10.0 Å². The monoisotopic (exact) mass is 499 g/mol. The highest BCUT2D eigenvalue weighted by atomic mass is 32.2. The van der Waals surface area contributed by atoms with E-state index in [1.165, 1.54) is 6.20 Å². The van der Waals surface area contributed by atoms with E-state index in [0.29, 0.717) is 0 Å². The largest absolute Gasteiger partial charge is 0.394 e. The molecule has 0 aliphatic carbocycles. The summed E-state index contributed by atoms with van der Waals surface area (Å²) in [6, 6.07) is 4.47. The Labute approximate surface area is 181 Å². The topological polar surface area (TPSA) is 227 Å². The number of benzene rings is 1. The molecule has 1 aromatic heterocycles. The zero-order valence-corrected chi connectivity index (χ0v) is 18.0. The molecular weight excluding hydrogens is 478 g/mol. The van der Waals surface area contributed by atoms with Crippen LogP contribution >= 0.6 is 11.3 Å². The van der Waals surface area contributed by atoms with Crippen LogP contribution in [0.25, 0.3) is 0 Å². The molecule has 16 heteroatoms. The third-order valence-corrected chi connectivity index (χ3v) is 7.25. The summed E-state index contributed by atoms with van der Waals surface area (Å²) in [6.07, 6.45) is -7.23. The zero-order chi connectivity index (χ0) is 23.4. The van der Waals surface area contributed by atoms with Gasteiger partial charge in [0.15, 0.2) is 10.5 Å². The van der Waals surface area contributed by atoms with Gasteiger partial charge in [-0.3, -0.25) is 9.27 Å². The van der Waals surface area contributed by atoms with E-state index in [1.807, 2.05) is 0 Å². The van der Waals surface area contributed by atoms with Crippen molar-refractivity contribution in [3.63, 3.8) is 0 Å². The van der Waals surface area contributed by atoms with Gasteiger partial charge in [-0.15, -0.1) is 11.3 Å². The minimum atomic E-state index is -5.06. The SMILES string of the molecule is O=S(=O)(Nc1nccs1)c1ccc(NC([C@H](O)[C@@H](O)[C@H](O)[C@H](O)CO)S(=O)(=O)O)cc1. The summed E-state index contributed by atoms with van der Waals surface area (Å²) in [7, 11) is -9.04. The molecule has 13 nitrogen and oxygen atoms in total. The van der Waals surface area contributed by atoms with Gasteiger partial charge in [-0.1, -0.05) is 0 Å². The van der Waals surface area contributed by atoms with E-state index in [-0.39, 0.29) is 15.7 Å². The molecule has 31 heavy (non-hydrogen) atoms. The molecule has 1 unspecified atom stereocenters. The fourth-order valence-electron chi connectivity index (χ4n) is 2.40. The number of rotatable bonds is 11. The number of hydrogen-bond donors (Lipinski definition) is 8. The Hall–Kier alpha value is -1.89. The molecule has 2 rings (SSSR count). The first kappa shape index (κ1) is 25.4. The Balaban J connectivity index is 2.20. The van der Waals surface area contributed by atoms with Gasteiger partial charge in [0.2, 0.25) is 0 Å². The lowest BCUT2D eigenvalue weighted by molar-refractivity contribution is -0.114. The Morgan fingerprint density at radius 2 is 1.58 bits per heavy atom. The van der Waals surface area contributed by atoms with Crippen molar-refractivity contribution < 1.29 is 46.9 Å². The van der Waals surface area contributed by atoms with E-state index in [2.05, 4.69) is 15.0 Å². The molecule has 0 saturated carbocycles. The van der Waals surface area contributed by atoms with Crippen LogP contribution in [0.5, 0.6) is 0 Å². The number of anilines is 2. The summed E-state index contributed by atoms with van der Waals surface area (Å²) in [4.78, 5) is 3.60. The summed E-state index contributed by atoms with van der Waals surface area (Å²) in [5.41, 5.74) is -0.0701. The quantitative estimate of drug-likeness (QED) is 0.157. The van der Waals surface area contributed by atoms with Gasteiger partial charge in [-0.2, -0.15) is 8.42 Å². The lowest BCUT2D eigenvalue weighted by Gasteiger charge is -2.30. The highest BCUT2D eigenvalue weighted by molar-refractivity contribution is 7.93. The van der Waals surface area contributed by atoms with Crippen molar-refractivity contribution in [1.82, 2.24) is 4.98 Å². The predicted octanol–water partition coefficient (Wildman–Crippen LogP) is -1.99. The minimum absolute atomic E-state index is 0.0701. The molecule has 0 radical (unpaired) electrons. The average molecular weight is 500 g/mol. The smallest absolute Gasteiger partial charge is 0.288 e. The fraction of sp³-hybridized carbons (Fsp3) is 0.400. The number of nitrogens with one attached hydrogen (secondary N) is 2. The van der Waals surface area contributed by atoms with Gasteiger partial charge in [-0.05, 0) is 24.3 Å². The fourth-order valence-corrected chi connectivity index (χ4v) is 4.98. The van der Waals surface area contributed by atoms with Crippen LogP contribution in [0.15, 0.2) is 40.7 Å². The van der Waals surface area contributed by atoms with Crippen molar-refractivity contribution in [3.8, 4) is 0 Å². The van der Waals surface area contributed by atoms with Crippen LogP contribution in [0, 0.1) is 0 Å². The van der Waals surface area contributed by atoms with Crippen molar-refractivity contribution in [2.45, 2.75) is 34.7 Å². The van der Waals surface area contributed by atoms with Gasteiger partial charge in [-0.25, -0.2) is 13.4 Å². The molecule has 8 N–H and O–H groups in total. The molecule has 0 saturated heterocycles. The molecule has 2 aromatic rings. The van der Waals surface area contributed by atoms with E-state index < -0.39 is 56.5 Å². The van der Waals surface area contributed by atoms with Gasteiger partial charge in [0, 0.05) is 17.3 Å². The average Bonchev–Trinajstić information content (AvgIpc) is 3.21. The van der Waals surface area contributed by atoms with Crippen molar-refractivity contribution >= 4 is 42.3 Å². The van der Waals surface area contributed by atoms with E-state index in [4.69, 9.17) is 5.11 Å². The second-order valence-electron chi connectivity index (χ2n) is 6.27. The highest BCUT2D eigenvalue weighted by Crippen LogP contribution is 2.22. The van der Waals surface area contributed by atoms with Crippen LogP contribution in [0.4, 0.5) is 10.8 Å². The van der Waals surface area contributed by atoms with Crippen LogP contribution in [0.3, 0.4) is 0 Å². The number of aromatic nitrogens is 1. The maximum absolute atomic E-state index is 12.3. The van der Waals surface area contributed by atoms with Crippen LogP contribution in [0.1, 0.15) is 0 Å². The third kappa shape index (κ3) is 6.55. The van der Waals surface area contributed by atoms with Crippen LogP contribution in [-0.2, 0) is 20.1 Å².